The van der Waals surface area contributed by atoms with Gasteiger partial charge >= 0.3 is 0 Å². The second-order valence-corrected chi connectivity index (χ2v) is 7.02. The topological polar surface area (TPSA) is 39.3 Å². The maximum Gasteiger partial charge on any atom is 0.267 e. The molecule has 0 radical (unpaired) electrons. The predicted octanol–water partition coefficient (Wildman–Crippen LogP) is 3.60. The standard InChI is InChI=1S/C20H19N3OS/c1-25-12-10-16-13-17-19(23(16)14-15-7-3-2-4-8-15)21-18-9-5-6-11-22(18)20(17)24/h2-9,11,13H,10,12,14H2,1H3. The van der Waals surface area contributed by atoms with E-state index in [1.807, 2.05) is 54.2 Å². The van der Waals surface area contributed by atoms with Crippen molar-refractivity contribution in [3.05, 3.63) is 82.4 Å². The summed E-state index contributed by atoms with van der Waals surface area (Å²) in [5.41, 5.74) is 3.83. The van der Waals surface area contributed by atoms with Crippen LogP contribution in [0.4, 0.5) is 0 Å². The van der Waals surface area contributed by atoms with Gasteiger partial charge in [-0.2, -0.15) is 11.8 Å². The van der Waals surface area contributed by atoms with Crippen LogP contribution in [0.25, 0.3) is 16.7 Å². The van der Waals surface area contributed by atoms with Gasteiger partial charge in [-0.05, 0) is 42.2 Å². The number of hydrogen-bond acceptors (Lipinski definition) is 3. The third kappa shape index (κ3) is 2.96. The van der Waals surface area contributed by atoms with Crippen molar-refractivity contribution in [2.45, 2.75) is 13.0 Å². The Bertz CT molecular complexity index is 1080. The summed E-state index contributed by atoms with van der Waals surface area (Å²) < 4.78 is 3.81. The van der Waals surface area contributed by atoms with Gasteiger partial charge in [-0.1, -0.05) is 36.4 Å². The summed E-state index contributed by atoms with van der Waals surface area (Å²) in [5.74, 6) is 1.02. The van der Waals surface area contributed by atoms with Crippen molar-refractivity contribution in [2.24, 2.45) is 0 Å². The zero-order valence-electron chi connectivity index (χ0n) is 14.1. The fourth-order valence-corrected chi connectivity index (χ4v) is 3.57. The smallest absolute Gasteiger partial charge is 0.267 e. The molecule has 0 unspecified atom stereocenters. The summed E-state index contributed by atoms with van der Waals surface area (Å²) in [5, 5.41) is 0.690. The Labute approximate surface area is 150 Å². The first-order valence-electron chi connectivity index (χ1n) is 8.30. The van der Waals surface area contributed by atoms with Gasteiger partial charge < -0.3 is 4.57 Å². The quantitative estimate of drug-likeness (QED) is 0.553. The lowest BCUT2D eigenvalue weighted by Gasteiger charge is -2.10. The largest absolute Gasteiger partial charge is 0.325 e. The summed E-state index contributed by atoms with van der Waals surface area (Å²) in [6, 6.07) is 18.0. The fraction of sp³-hybridized carbons (Fsp3) is 0.200. The van der Waals surface area contributed by atoms with Crippen LogP contribution in [0.5, 0.6) is 0 Å². The molecule has 0 spiro atoms. The third-order valence-electron chi connectivity index (χ3n) is 4.41. The van der Waals surface area contributed by atoms with Crippen LogP contribution in [0.15, 0.2) is 65.6 Å². The molecular formula is C20H19N3OS. The van der Waals surface area contributed by atoms with Gasteiger partial charge in [0, 0.05) is 18.4 Å². The molecule has 3 heterocycles. The number of rotatable bonds is 5. The molecule has 0 fully saturated rings. The van der Waals surface area contributed by atoms with E-state index in [1.165, 1.54) is 5.56 Å². The van der Waals surface area contributed by atoms with Gasteiger partial charge in [0.05, 0.1) is 5.39 Å². The third-order valence-corrected chi connectivity index (χ3v) is 5.02. The van der Waals surface area contributed by atoms with E-state index in [4.69, 9.17) is 4.98 Å². The SMILES string of the molecule is CSCCc1cc2c(=O)n3ccccc3nc2n1Cc1ccccc1. The van der Waals surface area contributed by atoms with E-state index in [0.29, 0.717) is 11.0 Å². The molecule has 3 aromatic heterocycles. The first-order valence-corrected chi connectivity index (χ1v) is 9.69. The van der Waals surface area contributed by atoms with Crippen LogP contribution in [0.3, 0.4) is 0 Å². The average molecular weight is 349 g/mol. The van der Waals surface area contributed by atoms with Crippen molar-refractivity contribution in [3.8, 4) is 0 Å². The lowest BCUT2D eigenvalue weighted by Crippen LogP contribution is -2.15. The Balaban J connectivity index is 1.95. The van der Waals surface area contributed by atoms with Gasteiger partial charge in [0.2, 0.25) is 0 Å². The molecule has 0 N–H and O–H groups in total. The summed E-state index contributed by atoms with van der Waals surface area (Å²) >= 11 is 1.81. The van der Waals surface area contributed by atoms with Crippen molar-refractivity contribution < 1.29 is 0 Å². The van der Waals surface area contributed by atoms with E-state index in [-0.39, 0.29) is 5.56 Å². The summed E-state index contributed by atoms with van der Waals surface area (Å²) in [6.45, 7) is 0.726. The minimum absolute atomic E-state index is 0.00202. The number of hydrogen-bond donors (Lipinski definition) is 0. The number of fused-ring (bicyclic) bond motifs is 2. The Hall–Kier alpha value is -2.53. The number of thioether (sulfide) groups is 1. The maximum absolute atomic E-state index is 12.9. The van der Waals surface area contributed by atoms with Crippen molar-refractivity contribution in [2.75, 3.05) is 12.0 Å². The monoisotopic (exact) mass is 349 g/mol. The lowest BCUT2D eigenvalue weighted by atomic mass is 10.2. The minimum Gasteiger partial charge on any atom is -0.325 e. The lowest BCUT2D eigenvalue weighted by molar-refractivity contribution is 0.770. The summed E-state index contributed by atoms with van der Waals surface area (Å²) in [7, 11) is 0. The van der Waals surface area contributed by atoms with E-state index in [9.17, 15) is 4.79 Å². The van der Waals surface area contributed by atoms with E-state index < -0.39 is 0 Å². The predicted molar refractivity (Wildman–Crippen MR) is 105 cm³/mol. The first-order chi connectivity index (χ1) is 12.3. The van der Waals surface area contributed by atoms with Crippen LogP contribution < -0.4 is 5.56 Å². The molecule has 4 aromatic rings. The van der Waals surface area contributed by atoms with Crippen molar-refractivity contribution in [1.29, 1.82) is 0 Å². The van der Waals surface area contributed by atoms with Crippen LogP contribution in [0.1, 0.15) is 11.3 Å². The molecule has 0 aliphatic carbocycles. The van der Waals surface area contributed by atoms with Crippen LogP contribution >= 0.6 is 11.8 Å². The summed E-state index contributed by atoms with van der Waals surface area (Å²) in [4.78, 5) is 17.7. The summed E-state index contributed by atoms with van der Waals surface area (Å²) in [6.07, 6.45) is 4.80. The number of aryl methyl sites for hydroxylation is 1. The Morgan fingerprint density at radius 1 is 1.08 bits per heavy atom. The van der Waals surface area contributed by atoms with E-state index in [1.54, 1.807) is 10.6 Å². The maximum atomic E-state index is 12.9. The first kappa shape index (κ1) is 16.0. The molecule has 5 heteroatoms. The minimum atomic E-state index is -0.00202. The average Bonchev–Trinajstić information content (AvgIpc) is 2.99. The van der Waals surface area contributed by atoms with Crippen molar-refractivity contribution in [3.63, 3.8) is 0 Å². The molecule has 4 nitrogen and oxygen atoms in total. The van der Waals surface area contributed by atoms with Crippen LogP contribution in [0, 0.1) is 0 Å². The van der Waals surface area contributed by atoms with Crippen LogP contribution in [-0.2, 0) is 13.0 Å². The van der Waals surface area contributed by atoms with E-state index in [0.717, 1.165) is 30.1 Å². The molecule has 0 saturated heterocycles. The zero-order chi connectivity index (χ0) is 17.2. The highest BCUT2D eigenvalue weighted by molar-refractivity contribution is 7.98. The van der Waals surface area contributed by atoms with Crippen LogP contribution in [0.2, 0.25) is 0 Å². The molecule has 0 amide bonds. The number of aromatic nitrogens is 3. The second kappa shape index (κ2) is 6.76. The van der Waals surface area contributed by atoms with Gasteiger partial charge in [0.1, 0.15) is 11.3 Å². The highest BCUT2D eigenvalue weighted by atomic mass is 32.2. The Morgan fingerprint density at radius 2 is 1.88 bits per heavy atom. The molecule has 126 valence electrons. The van der Waals surface area contributed by atoms with Crippen molar-refractivity contribution >= 4 is 28.4 Å². The zero-order valence-corrected chi connectivity index (χ0v) is 14.9. The molecule has 0 atom stereocenters. The highest BCUT2D eigenvalue weighted by Gasteiger charge is 2.15. The Kier molecular flexibility index (Phi) is 4.32. The van der Waals surface area contributed by atoms with Gasteiger partial charge in [0.15, 0.2) is 0 Å². The number of nitrogens with zero attached hydrogens (tertiary/aromatic N) is 3. The molecule has 0 saturated carbocycles. The van der Waals surface area contributed by atoms with Gasteiger partial charge in [-0.3, -0.25) is 9.20 Å². The molecule has 0 bridgehead atoms. The Morgan fingerprint density at radius 3 is 2.68 bits per heavy atom. The van der Waals surface area contributed by atoms with Gasteiger partial charge in [-0.15, -0.1) is 0 Å². The fourth-order valence-electron chi connectivity index (χ4n) is 3.16. The highest BCUT2D eigenvalue weighted by Crippen LogP contribution is 2.20. The van der Waals surface area contributed by atoms with E-state index >= 15 is 0 Å². The number of pyridine rings is 1. The molecule has 25 heavy (non-hydrogen) atoms. The van der Waals surface area contributed by atoms with Gasteiger partial charge in [0.25, 0.3) is 5.56 Å². The molecular weight excluding hydrogens is 330 g/mol. The van der Waals surface area contributed by atoms with Gasteiger partial charge in [-0.25, -0.2) is 4.98 Å². The van der Waals surface area contributed by atoms with Crippen LogP contribution in [-0.4, -0.2) is 26.0 Å². The van der Waals surface area contributed by atoms with Crippen molar-refractivity contribution in [1.82, 2.24) is 14.0 Å². The molecule has 0 aliphatic heterocycles. The molecule has 1 aromatic carbocycles. The second-order valence-electron chi connectivity index (χ2n) is 6.03. The number of benzene rings is 1. The normalized spacial score (nSPS) is 11.4. The molecule has 4 rings (SSSR count). The van der Waals surface area contributed by atoms with E-state index in [2.05, 4.69) is 23.0 Å². The molecule has 0 aliphatic rings.